The lowest BCUT2D eigenvalue weighted by Crippen LogP contribution is -2.50. The van der Waals surface area contributed by atoms with E-state index in [0.29, 0.717) is 30.4 Å². The van der Waals surface area contributed by atoms with E-state index >= 15 is 0 Å². The second-order valence-electron chi connectivity index (χ2n) is 9.75. The Labute approximate surface area is 229 Å². The Morgan fingerprint density at radius 3 is 2.42 bits per heavy atom. The lowest BCUT2D eigenvalue weighted by Gasteiger charge is -2.34. The van der Waals surface area contributed by atoms with Crippen LogP contribution in [-0.2, 0) is 21.0 Å². The van der Waals surface area contributed by atoms with Gasteiger partial charge in [0, 0.05) is 31.5 Å². The summed E-state index contributed by atoms with van der Waals surface area (Å²) in [6, 6.07) is 6.30. The SMILES string of the molecule is Cc1cc(OCCCO)cc(C)c1/C=C/S(=O)(=O)N1CCC2(CC1)N=C(c1cccc(C(F)(F)F)c1F)NC2=O. The number of carbonyl (C=O) groups excluding carboxylic acids is 1. The Kier molecular flexibility index (Phi) is 8.38. The summed E-state index contributed by atoms with van der Waals surface area (Å²) in [7, 11) is -3.87. The van der Waals surface area contributed by atoms with Gasteiger partial charge < -0.3 is 15.2 Å². The molecule has 8 nitrogen and oxygen atoms in total. The number of amides is 1. The van der Waals surface area contributed by atoms with Crippen molar-refractivity contribution in [3.63, 3.8) is 0 Å². The number of hydrogen-bond acceptors (Lipinski definition) is 6. The van der Waals surface area contributed by atoms with E-state index in [1.165, 1.54) is 10.4 Å². The van der Waals surface area contributed by atoms with Crippen LogP contribution in [0.25, 0.3) is 6.08 Å². The van der Waals surface area contributed by atoms with Crippen molar-refractivity contribution in [1.29, 1.82) is 0 Å². The number of amidine groups is 1. The van der Waals surface area contributed by atoms with Crippen LogP contribution in [0.15, 0.2) is 40.7 Å². The predicted octanol–water partition coefficient (Wildman–Crippen LogP) is 3.93. The van der Waals surface area contributed by atoms with E-state index in [-0.39, 0.29) is 38.4 Å². The number of nitrogens with zero attached hydrogens (tertiary/aromatic N) is 2. The molecule has 40 heavy (non-hydrogen) atoms. The van der Waals surface area contributed by atoms with Crippen LogP contribution in [-0.4, -0.2) is 61.4 Å². The summed E-state index contributed by atoms with van der Waals surface area (Å²) >= 11 is 0. The van der Waals surface area contributed by atoms with Gasteiger partial charge in [0.15, 0.2) is 0 Å². The zero-order valence-corrected chi connectivity index (χ0v) is 22.7. The minimum atomic E-state index is -4.92. The fourth-order valence-corrected chi connectivity index (χ4v) is 5.97. The summed E-state index contributed by atoms with van der Waals surface area (Å²) in [6.07, 6.45) is -2.97. The third-order valence-electron chi connectivity index (χ3n) is 6.99. The molecule has 2 heterocycles. The number of rotatable bonds is 8. The highest BCUT2D eigenvalue weighted by atomic mass is 32.2. The van der Waals surface area contributed by atoms with Gasteiger partial charge in [-0.1, -0.05) is 6.07 Å². The van der Waals surface area contributed by atoms with Crippen molar-refractivity contribution in [3.05, 3.63) is 69.4 Å². The minimum Gasteiger partial charge on any atom is -0.493 e. The van der Waals surface area contributed by atoms with Gasteiger partial charge in [-0.3, -0.25) is 9.79 Å². The molecule has 216 valence electrons. The first-order chi connectivity index (χ1) is 18.8. The highest BCUT2D eigenvalue weighted by Gasteiger charge is 2.48. The molecule has 1 saturated heterocycles. The average Bonchev–Trinajstić information content (AvgIpc) is 3.18. The summed E-state index contributed by atoms with van der Waals surface area (Å²) in [5, 5.41) is 12.4. The van der Waals surface area contributed by atoms with E-state index < -0.39 is 44.6 Å². The topological polar surface area (TPSA) is 108 Å². The van der Waals surface area contributed by atoms with Gasteiger partial charge in [0.05, 0.1) is 17.7 Å². The number of halogens is 4. The third kappa shape index (κ3) is 6.06. The third-order valence-corrected chi connectivity index (χ3v) is 8.56. The number of alkyl halides is 3. The molecule has 0 atom stereocenters. The second kappa shape index (κ2) is 11.3. The van der Waals surface area contributed by atoms with E-state index in [4.69, 9.17) is 9.84 Å². The number of piperidine rings is 1. The molecule has 1 fully saturated rings. The van der Waals surface area contributed by atoms with Crippen LogP contribution >= 0.6 is 0 Å². The monoisotopic (exact) mass is 583 g/mol. The largest absolute Gasteiger partial charge is 0.493 e. The summed E-state index contributed by atoms with van der Waals surface area (Å²) in [5.74, 6) is -1.84. The van der Waals surface area contributed by atoms with Crippen molar-refractivity contribution >= 4 is 27.8 Å². The molecule has 0 unspecified atom stereocenters. The van der Waals surface area contributed by atoms with E-state index in [2.05, 4.69) is 10.3 Å². The van der Waals surface area contributed by atoms with Crippen molar-refractivity contribution in [2.45, 2.75) is 44.8 Å². The maximum atomic E-state index is 14.6. The highest BCUT2D eigenvalue weighted by Crippen LogP contribution is 2.36. The van der Waals surface area contributed by atoms with Crippen molar-refractivity contribution in [3.8, 4) is 5.75 Å². The smallest absolute Gasteiger partial charge is 0.419 e. The number of aliphatic hydroxyl groups excluding tert-OH is 1. The van der Waals surface area contributed by atoms with Crippen LogP contribution in [0.2, 0.25) is 0 Å². The first-order valence-corrected chi connectivity index (χ1v) is 14.1. The first-order valence-electron chi connectivity index (χ1n) is 12.6. The van der Waals surface area contributed by atoms with E-state index in [9.17, 15) is 30.8 Å². The summed E-state index contributed by atoms with van der Waals surface area (Å²) in [6.45, 7) is 3.90. The number of aliphatic hydroxyl groups is 1. The number of ether oxygens (including phenoxy) is 1. The number of nitrogens with one attached hydrogen (secondary N) is 1. The van der Waals surface area contributed by atoms with Gasteiger partial charge in [-0.05, 0) is 73.7 Å². The van der Waals surface area contributed by atoms with Crippen molar-refractivity contribution < 1.29 is 40.6 Å². The van der Waals surface area contributed by atoms with Crippen LogP contribution in [0.5, 0.6) is 5.75 Å². The Morgan fingerprint density at radius 1 is 1.18 bits per heavy atom. The van der Waals surface area contributed by atoms with Crippen LogP contribution in [0.4, 0.5) is 17.6 Å². The van der Waals surface area contributed by atoms with E-state index in [1.807, 2.05) is 13.8 Å². The predicted molar refractivity (Wildman–Crippen MR) is 141 cm³/mol. The van der Waals surface area contributed by atoms with E-state index in [1.54, 1.807) is 12.1 Å². The normalized spacial score (nSPS) is 17.9. The van der Waals surface area contributed by atoms with Gasteiger partial charge in [-0.25, -0.2) is 12.8 Å². The molecule has 2 aromatic carbocycles. The summed E-state index contributed by atoms with van der Waals surface area (Å²) in [4.78, 5) is 17.1. The maximum absolute atomic E-state index is 14.6. The zero-order valence-electron chi connectivity index (χ0n) is 21.9. The quantitative estimate of drug-likeness (QED) is 0.362. The van der Waals surface area contributed by atoms with Crippen LogP contribution in [0.3, 0.4) is 0 Å². The minimum absolute atomic E-state index is 0.0147. The lowest BCUT2D eigenvalue weighted by atomic mass is 9.89. The molecule has 0 aliphatic carbocycles. The lowest BCUT2D eigenvalue weighted by molar-refractivity contribution is -0.140. The fourth-order valence-electron chi connectivity index (χ4n) is 4.80. The Balaban J connectivity index is 1.48. The molecule has 13 heteroatoms. The molecular weight excluding hydrogens is 554 g/mol. The molecule has 2 aliphatic heterocycles. The van der Waals surface area contributed by atoms with Crippen LogP contribution in [0.1, 0.15) is 47.1 Å². The van der Waals surface area contributed by atoms with Gasteiger partial charge in [-0.2, -0.15) is 17.5 Å². The molecule has 0 saturated carbocycles. The molecule has 1 amide bonds. The number of benzene rings is 2. The zero-order chi connectivity index (χ0) is 29.3. The van der Waals surface area contributed by atoms with E-state index in [0.717, 1.165) is 28.7 Å². The molecule has 2 N–H and O–H groups in total. The Morgan fingerprint density at radius 2 is 1.82 bits per heavy atom. The van der Waals surface area contributed by atoms with Crippen molar-refractivity contribution in [1.82, 2.24) is 9.62 Å². The van der Waals surface area contributed by atoms with Crippen LogP contribution in [0, 0.1) is 19.7 Å². The van der Waals surface area contributed by atoms with Crippen molar-refractivity contribution in [2.24, 2.45) is 4.99 Å². The molecule has 2 aliphatic rings. The highest BCUT2D eigenvalue weighted by molar-refractivity contribution is 7.92. The first kappa shape index (κ1) is 29.7. The molecule has 4 rings (SSSR count). The second-order valence-corrected chi connectivity index (χ2v) is 11.6. The van der Waals surface area contributed by atoms with Gasteiger partial charge in [0.2, 0.25) is 10.0 Å². The van der Waals surface area contributed by atoms with Crippen LogP contribution < -0.4 is 10.1 Å². The molecule has 1 spiro atoms. The molecular formula is C27H29F4N3O5S. The van der Waals surface area contributed by atoms with Gasteiger partial charge >= 0.3 is 6.18 Å². The molecule has 0 radical (unpaired) electrons. The summed E-state index contributed by atoms with van der Waals surface area (Å²) in [5.41, 5.74) is -1.04. The van der Waals surface area contributed by atoms with Crippen molar-refractivity contribution in [2.75, 3.05) is 26.3 Å². The average molecular weight is 584 g/mol. The molecule has 0 aromatic heterocycles. The Bertz CT molecular complexity index is 1440. The Hall–Kier alpha value is -3.29. The molecule has 2 aromatic rings. The number of aliphatic imine (C=N–C) groups is 1. The maximum Gasteiger partial charge on any atom is 0.419 e. The number of hydrogen-bond donors (Lipinski definition) is 2. The number of carbonyl (C=O) groups is 1. The van der Waals surface area contributed by atoms with Gasteiger partial charge in [0.25, 0.3) is 5.91 Å². The van der Waals surface area contributed by atoms with Gasteiger partial charge in [0.1, 0.15) is 22.9 Å². The molecule has 0 bridgehead atoms. The summed E-state index contributed by atoms with van der Waals surface area (Å²) < 4.78 is 87.0. The standard InChI is InChI=1S/C27H29F4N3O5S/c1-17-15-19(39-13-4-12-35)16-18(2)20(17)7-14-40(37,38)34-10-8-26(9-11-34)25(36)32-24(33-26)21-5-3-6-22(23(21)28)27(29,30)31/h3,5-7,14-16,35H,4,8-13H2,1-2H3,(H,32,33,36)/b14-7+. The fraction of sp³-hybridized carbons (Fsp3) is 0.407. The number of aryl methyl sites for hydroxylation is 2. The van der Waals surface area contributed by atoms with Gasteiger partial charge in [-0.15, -0.1) is 0 Å². The number of sulfonamides is 1.